The molecule has 0 aliphatic carbocycles. The monoisotopic (exact) mass is 548 g/mol. The van der Waals surface area contributed by atoms with Crippen molar-refractivity contribution in [3.63, 3.8) is 0 Å². The molecule has 1 atom stereocenters. The Morgan fingerprint density at radius 3 is 2.68 bits per heavy atom. The molecule has 3 amide bonds. The number of thioether (sulfide) groups is 1. The minimum atomic E-state index is -0.404. The molecule has 1 aromatic heterocycles. The van der Waals surface area contributed by atoms with Crippen molar-refractivity contribution in [1.82, 2.24) is 4.90 Å². The largest absolute Gasteiger partial charge is 0.497 e. The Morgan fingerprint density at radius 1 is 1.18 bits per heavy atom. The van der Waals surface area contributed by atoms with Gasteiger partial charge in [-0.15, -0.1) is 23.1 Å². The molecule has 10 heteroatoms. The molecule has 0 radical (unpaired) electrons. The van der Waals surface area contributed by atoms with E-state index in [1.165, 1.54) is 30.0 Å². The van der Waals surface area contributed by atoms with Crippen molar-refractivity contribution in [1.29, 1.82) is 5.26 Å². The number of hydrogen-bond acceptors (Lipinski definition) is 7. The zero-order valence-electron chi connectivity index (χ0n) is 21.4. The van der Waals surface area contributed by atoms with Crippen molar-refractivity contribution in [3.8, 4) is 11.8 Å². The molecular weight excluding hydrogens is 520 g/mol. The highest BCUT2D eigenvalue weighted by Gasteiger charge is 2.27. The van der Waals surface area contributed by atoms with Crippen LogP contribution >= 0.6 is 23.1 Å². The van der Waals surface area contributed by atoms with E-state index in [1.807, 2.05) is 25.1 Å². The summed E-state index contributed by atoms with van der Waals surface area (Å²) in [6.45, 7) is 4.50. The van der Waals surface area contributed by atoms with Gasteiger partial charge in [-0.05, 0) is 54.8 Å². The second-order valence-corrected chi connectivity index (χ2v) is 11.1. The van der Waals surface area contributed by atoms with Gasteiger partial charge in [-0.1, -0.05) is 19.1 Å². The summed E-state index contributed by atoms with van der Waals surface area (Å²) in [5.74, 6) is 0.144. The third kappa shape index (κ3) is 6.18. The van der Waals surface area contributed by atoms with Crippen LogP contribution in [0.2, 0.25) is 0 Å². The van der Waals surface area contributed by atoms with Crippen LogP contribution < -0.4 is 15.4 Å². The lowest BCUT2D eigenvalue weighted by atomic mass is 10.0. The van der Waals surface area contributed by atoms with Crippen LogP contribution in [0.25, 0.3) is 0 Å². The van der Waals surface area contributed by atoms with Gasteiger partial charge >= 0.3 is 0 Å². The number of benzene rings is 2. The van der Waals surface area contributed by atoms with E-state index in [9.17, 15) is 19.6 Å². The Kier molecular flexibility index (Phi) is 8.71. The molecule has 2 heterocycles. The van der Waals surface area contributed by atoms with E-state index in [4.69, 9.17) is 4.74 Å². The number of rotatable bonds is 8. The first kappa shape index (κ1) is 27.2. The van der Waals surface area contributed by atoms with Gasteiger partial charge in [0, 0.05) is 34.5 Å². The summed E-state index contributed by atoms with van der Waals surface area (Å²) in [5.41, 5.74) is 2.51. The number of nitrogens with one attached hydrogen (secondary N) is 2. The zero-order chi connectivity index (χ0) is 27.2. The van der Waals surface area contributed by atoms with E-state index in [0.29, 0.717) is 53.5 Å². The average Bonchev–Trinajstić information content (AvgIpc) is 3.27. The summed E-state index contributed by atoms with van der Waals surface area (Å²) in [6, 6.07) is 16.5. The van der Waals surface area contributed by atoms with Crippen LogP contribution in [0.5, 0.6) is 5.75 Å². The fraction of sp³-hybridized carbons (Fsp3) is 0.286. The summed E-state index contributed by atoms with van der Waals surface area (Å²) < 4.78 is 5.19. The highest BCUT2D eigenvalue weighted by atomic mass is 32.2. The molecule has 38 heavy (non-hydrogen) atoms. The number of anilines is 2. The number of carbonyl (C=O) groups excluding carboxylic acids is 3. The number of carbonyl (C=O) groups is 3. The first-order valence-corrected chi connectivity index (χ1v) is 13.9. The van der Waals surface area contributed by atoms with Crippen LogP contribution in [0.4, 0.5) is 10.7 Å². The summed E-state index contributed by atoms with van der Waals surface area (Å²) in [6.07, 6.45) is 1.17. The number of thiophene rings is 1. The maximum atomic E-state index is 13.2. The first-order valence-electron chi connectivity index (χ1n) is 12.2. The van der Waals surface area contributed by atoms with Gasteiger partial charge in [0.15, 0.2) is 0 Å². The Morgan fingerprint density at radius 2 is 1.97 bits per heavy atom. The molecule has 1 aliphatic rings. The van der Waals surface area contributed by atoms with E-state index in [-0.39, 0.29) is 17.7 Å². The molecule has 8 nitrogen and oxygen atoms in total. The predicted molar refractivity (Wildman–Crippen MR) is 150 cm³/mol. The predicted octanol–water partition coefficient (Wildman–Crippen LogP) is 5.29. The van der Waals surface area contributed by atoms with Crippen molar-refractivity contribution >= 4 is 51.5 Å². The molecule has 0 spiro atoms. The molecule has 0 saturated carbocycles. The third-order valence-electron chi connectivity index (χ3n) is 6.22. The normalized spacial score (nSPS) is 13.2. The average molecular weight is 549 g/mol. The van der Waals surface area contributed by atoms with Crippen LogP contribution in [0.15, 0.2) is 53.4 Å². The Labute approximate surface area is 230 Å². The Bertz CT molecular complexity index is 1410. The lowest BCUT2D eigenvalue weighted by Crippen LogP contribution is -2.33. The van der Waals surface area contributed by atoms with E-state index in [0.717, 1.165) is 15.3 Å². The van der Waals surface area contributed by atoms with Crippen LogP contribution in [0, 0.1) is 11.3 Å². The lowest BCUT2D eigenvalue weighted by molar-refractivity contribution is -0.129. The van der Waals surface area contributed by atoms with Gasteiger partial charge in [0.05, 0.1) is 24.5 Å². The molecule has 4 rings (SSSR count). The second-order valence-electron chi connectivity index (χ2n) is 8.73. The van der Waals surface area contributed by atoms with Crippen LogP contribution in [-0.4, -0.2) is 41.5 Å². The molecule has 1 aliphatic heterocycles. The number of nitriles is 1. The summed E-state index contributed by atoms with van der Waals surface area (Å²) in [5, 5.41) is 15.8. The fourth-order valence-electron chi connectivity index (χ4n) is 4.17. The van der Waals surface area contributed by atoms with Gasteiger partial charge < -0.3 is 20.3 Å². The fourth-order valence-corrected chi connectivity index (χ4v) is 6.40. The number of ether oxygens (including phenoxy) is 1. The molecule has 196 valence electrons. The number of hydrogen-bond donors (Lipinski definition) is 2. The maximum absolute atomic E-state index is 13.2. The molecule has 0 fully saturated rings. The zero-order valence-corrected chi connectivity index (χ0v) is 23.0. The molecular formula is C28H28N4O4S2. The smallest absolute Gasteiger partial charge is 0.255 e. The lowest BCUT2D eigenvalue weighted by Gasteiger charge is -2.25. The number of amides is 3. The topological polar surface area (TPSA) is 112 Å². The summed E-state index contributed by atoms with van der Waals surface area (Å²) in [7, 11) is 1.55. The first-order chi connectivity index (χ1) is 18.3. The summed E-state index contributed by atoms with van der Waals surface area (Å²) in [4.78, 5) is 41.2. The van der Waals surface area contributed by atoms with Crippen LogP contribution in [0.1, 0.15) is 46.6 Å². The number of nitrogens with zero attached hydrogens (tertiary/aromatic N) is 2. The van der Waals surface area contributed by atoms with E-state index in [1.54, 1.807) is 42.3 Å². The van der Waals surface area contributed by atoms with Crippen molar-refractivity contribution in [2.45, 2.75) is 43.4 Å². The Balaban J connectivity index is 1.44. The van der Waals surface area contributed by atoms with Crippen LogP contribution in [-0.2, 0) is 22.6 Å². The van der Waals surface area contributed by atoms with Crippen molar-refractivity contribution in [2.24, 2.45) is 0 Å². The maximum Gasteiger partial charge on any atom is 0.255 e. The SMILES string of the molecule is CCC(Sc1cccc(NC(=O)c2cccc(OC)c2)c1)C(=O)Nc1sc2c(c1C#N)CCN(C(C)=O)C2. The van der Waals surface area contributed by atoms with Gasteiger partial charge in [-0.25, -0.2) is 0 Å². The van der Waals surface area contributed by atoms with E-state index >= 15 is 0 Å². The molecule has 0 bridgehead atoms. The highest BCUT2D eigenvalue weighted by Crippen LogP contribution is 2.37. The second kappa shape index (κ2) is 12.2. The quantitative estimate of drug-likeness (QED) is 0.370. The van der Waals surface area contributed by atoms with Crippen molar-refractivity contribution in [3.05, 3.63) is 70.1 Å². The van der Waals surface area contributed by atoms with Gasteiger partial charge in [-0.3, -0.25) is 14.4 Å². The number of fused-ring (bicyclic) bond motifs is 1. The third-order valence-corrected chi connectivity index (χ3v) is 8.71. The molecule has 0 saturated heterocycles. The minimum absolute atomic E-state index is 0.00231. The van der Waals surface area contributed by atoms with Crippen LogP contribution in [0.3, 0.4) is 0 Å². The van der Waals surface area contributed by atoms with Gasteiger partial charge in [0.2, 0.25) is 11.8 Å². The van der Waals surface area contributed by atoms with Gasteiger partial charge in [-0.2, -0.15) is 5.26 Å². The number of methoxy groups -OCH3 is 1. The molecule has 2 aromatic carbocycles. The van der Waals surface area contributed by atoms with Gasteiger partial charge in [0.25, 0.3) is 5.91 Å². The molecule has 2 N–H and O–H groups in total. The van der Waals surface area contributed by atoms with Crippen molar-refractivity contribution in [2.75, 3.05) is 24.3 Å². The minimum Gasteiger partial charge on any atom is -0.497 e. The van der Waals surface area contributed by atoms with E-state index in [2.05, 4.69) is 16.7 Å². The molecule has 3 aromatic rings. The van der Waals surface area contributed by atoms with Gasteiger partial charge in [0.1, 0.15) is 16.8 Å². The van der Waals surface area contributed by atoms with E-state index < -0.39 is 5.25 Å². The van der Waals surface area contributed by atoms with Crippen molar-refractivity contribution < 1.29 is 19.1 Å². The molecule has 1 unspecified atom stereocenters. The summed E-state index contributed by atoms with van der Waals surface area (Å²) >= 11 is 2.76. The standard InChI is InChI=1S/C28H28N4O4S2/c1-4-24(27(35)31-28-23(15-29)22-11-12-32(17(2)33)16-25(22)38-28)37-21-10-6-8-19(14-21)30-26(34)18-7-5-9-20(13-18)36-3/h5-10,13-14,24H,4,11-12,16H2,1-3H3,(H,30,34)(H,31,35). The Hall–Kier alpha value is -3.81. The highest BCUT2D eigenvalue weighted by molar-refractivity contribution is 8.00.